The summed E-state index contributed by atoms with van der Waals surface area (Å²) >= 11 is 0. The summed E-state index contributed by atoms with van der Waals surface area (Å²) in [6.07, 6.45) is 1.78. The first-order chi connectivity index (χ1) is 9.01. The maximum absolute atomic E-state index is 5.48. The molecule has 0 spiro atoms. The Kier molecular flexibility index (Phi) is 5.99. The van der Waals surface area contributed by atoms with Crippen molar-refractivity contribution >= 4 is 8.07 Å². The van der Waals surface area contributed by atoms with Gasteiger partial charge in [-0.3, -0.25) is 0 Å². The molecule has 1 aromatic carbocycles. The number of benzene rings is 1. The number of hydrogen-bond acceptors (Lipinski definition) is 1. The van der Waals surface area contributed by atoms with Crippen LogP contribution in [0.1, 0.15) is 12.5 Å². The third-order valence-electron chi connectivity index (χ3n) is 2.05. The number of rotatable bonds is 2. The van der Waals surface area contributed by atoms with Crippen LogP contribution in [0.2, 0.25) is 19.6 Å². The van der Waals surface area contributed by atoms with E-state index >= 15 is 0 Å². The highest BCUT2D eigenvalue weighted by Gasteiger charge is 2.06. The van der Waals surface area contributed by atoms with Crippen LogP contribution in [-0.4, -0.2) is 14.7 Å². The zero-order valence-corrected chi connectivity index (χ0v) is 13.1. The van der Waals surface area contributed by atoms with E-state index < -0.39 is 8.07 Å². The maximum Gasteiger partial charge on any atom is 0.178 e. The Morgan fingerprint density at radius 2 is 1.89 bits per heavy atom. The van der Waals surface area contributed by atoms with Crippen LogP contribution in [0.15, 0.2) is 42.2 Å². The van der Waals surface area contributed by atoms with E-state index in [1.54, 1.807) is 6.08 Å². The quantitative estimate of drug-likeness (QED) is 0.450. The summed E-state index contributed by atoms with van der Waals surface area (Å²) in [5, 5.41) is 0. The molecule has 0 fully saturated rings. The number of hydrogen-bond donors (Lipinski definition) is 0. The Morgan fingerprint density at radius 3 is 2.47 bits per heavy atom. The van der Waals surface area contributed by atoms with Crippen molar-refractivity contribution in [2.45, 2.75) is 26.6 Å². The highest BCUT2D eigenvalue weighted by atomic mass is 28.3. The lowest BCUT2D eigenvalue weighted by molar-refractivity contribution is 0.246. The van der Waals surface area contributed by atoms with Gasteiger partial charge in [0, 0.05) is 11.6 Å². The molecule has 19 heavy (non-hydrogen) atoms. The Labute approximate surface area is 117 Å². The molecule has 0 radical (unpaired) electrons. The van der Waals surface area contributed by atoms with E-state index in [1.807, 2.05) is 37.3 Å². The maximum atomic E-state index is 5.48. The molecule has 1 aromatic rings. The predicted octanol–water partition coefficient (Wildman–Crippen LogP) is 3.84. The second-order valence-corrected chi connectivity index (χ2v) is 9.83. The first-order valence-corrected chi connectivity index (χ1v) is 9.94. The van der Waals surface area contributed by atoms with E-state index in [-0.39, 0.29) is 0 Å². The van der Waals surface area contributed by atoms with Gasteiger partial charge in [-0.05, 0) is 25.0 Å². The fourth-order valence-corrected chi connectivity index (χ4v) is 1.75. The third-order valence-corrected chi connectivity index (χ3v) is 2.95. The normalized spacial score (nSPS) is 10.8. The van der Waals surface area contributed by atoms with Gasteiger partial charge in [0.2, 0.25) is 0 Å². The average molecular weight is 268 g/mol. The van der Waals surface area contributed by atoms with E-state index in [2.05, 4.69) is 42.9 Å². The van der Waals surface area contributed by atoms with Gasteiger partial charge < -0.3 is 4.74 Å². The van der Waals surface area contributed by atoms with Crippen LogP contribution < -0.4 is 0 Å². The lowest BCUT2D eigenvalue weighted by Gasteiger charge is -2.02. The molecule has 0 unspecified atom stereocenters. The van der Waals surface area contributed by atoms with Gasteiger partial charge in [-0.1, -0.05) is 49.7 Å². The topological polar surface area (TPSA) is 9.23 Å². The predicted molar refractivity (Wildman–Crippen MR) is 84.2 cm³/mol. The standard InChI is InChI=1S/C17H20OSi/c1-5-18-17(12-9-15-19(2,3)4)14-13-16-10-7-6-8-11-16/h6-8,10-12H,5H2,1-4H3/b17-12+. The Balaban J connectivity index is 2.87. The molecule has 0 atom stereocenters. The highest BCUT2D eigenvalue weighted by molar-refractivity contribution is 6.83. The van der Waals surface area contributed by atoms with Gasteiger partial charge in [0.05, 0.1) is 6.61 Å². The number of allylic oxidation sites excluding steroid dienone is 2. The van der Waals surface area contributed by atoms with Crippen LogP contribution in [0.5, 0.6) is 0 Å². The molecule has 98 valence electrons. The summed E-state index contributed by atoms with van der Waals surface area (Å²) in [5.74, 6) is 9.81. The summed E-state index contributed by atoms with van der Waals surface area (Å²) in [6, 6.07) is 9.87. The van der Waals surface area contributed by atoms with Gasteiger partial charge in [-0.15, -0.1) is 5.54 Å². The van der Waals surface area contributed by atoms with Crippen molar-refractivity contribution in [3.05, 3.63) is 47.7 Å². The second-order valence-electron chi connectivity index (χ2n) is 5.08. The molecule has 0 saturated heterocycles. The van der Waals surface area contributed by atoms with Crippen molar-refractivity contribution in [1.29, 1.82) is 0 Å². The van der Waals surface area contributed by atoms with Crippen LogP contribution in [0.3, 0.4) is 0 Å². The van der Waals surface area contributed by atoms with Gasteiger partial charge in [0.1, 0.15) is 8.07 Å². The summed E-state index contributed by atoms with van der Waals surface area (Å²) < 4.78 is 5.48. The first kappa shape index (κ1) is 15.2. The first-order valence-electron chi connectivity index (χ1n) is 6.44. The van der Waals surface area contributed by atoms with Gasteiger partial charge in [0.25, 0.3) is 0 Å². The molecular weight excluding hydrogens is 248 g/mol. The highest BCUT2D eigenvalue weighted by Crippen LogP contribution is 2.00. The average Bonchev–Trinajstić information content (AvgIpc) is 2.36. The minimum absolute atomic E-state index is 0.601. The lowest BCUT2D eigenvalue weighted by Crippen LogP contribution is -2.16. The second kappa shape index (κ2) is 7.51. The van der Waals surface area contributed by atoms with Gasteiger partial charge >= 0.3 is 0 Å². The van der Waals surface area contributed by atoms with E-state index in [9.17, 15) is 0 Å². The molecule has 0 aromatic heterocycles. The molecule has 0 N–H and O–H groups in total. The van der Waals surface area contributed by atoms with Gasteiger partial charge in [-0.25, -0.2) is 0 Å². The molecule has 0 heterocycles. The van der Waals surface area contributed by atoms with Gasteiger partial charge in [0.15, 0.2) is 5.76 Å². The molecule has 0 amide bonds. The van der Waals surface area contributed by atoms with E-state index in [4.69, 9.17) is 4.74 Å². The molecule has 0 bridgehead atoms. The monoisotopic (exact) mass is 268 g/mol. The molecule has 2 heteroatoms. The summed E-state index contributed by atoms with van der Waals surface area (Å²) in [6.45, 7) is 9.19. The molecule has 0 aliphatic heterocycles. The summed E-state index contributed by atoms with van der Waals surface area (Å²) in [7, 11) is -1.34. The lowest BCUT2D eigenvalue weighted by atomic mass is 10.2. The van der Waals surface area contributed by atoms with E-state index in [0.29, 0.717) is 12.4 Å². The van der Waals surface area contributed by atoms with E-state index in [1.165, 1.54) is 0 Å². The largest absolute Gasteiger partial charge is 0.485 e. The fourth-order valence-electron chi connectivity index (χ4n) is 1.24. The minimum atomic E-state index is -1.34. The van der Waals surface area contributed by atoms with Crippen molar-refractivity contribution < 1.29 is 4.74 Å². The van der Waals surface area contributed by atoms with Crippen LogP contribution in [0.4, 0.5) is 0 Å². The minimum Gasteiger partial charge on any atom is -0.485 e. The Bertz CT molecular complexity index is 542. The Morgan fingerprint density at radius 1 is 1.21 bits per heavy atom. The zero-order chi connectivity index (χ0) is 14.1. The van der Waals surface area contributed by atoms with Crippen molar-refractivity contribution in [3.8, 4) is 23.3 Å². The smallest absolute Gasteiger partial charge is 0.178 e. The zero-order valence-electron chi connectivity index (χ0n) is 12.1. The SMILES string of the molecule is CCO/C(C#Cc1ccccc1)=C/C#C[Si](C)(C)C. The molecule has 0 saturated carbocycles. The molecule has 0 aliphatic carbocycles. The molecule has 0 aliphatic rings. The number of ether oxygens (including phenoxy) is 1. The van der Waals surface area contributed by atoms with Crippen LogP contribution in [0, 0.1) is 23.3 Å². The fraction of sp³-hybridized carbons (Fsp3) is 0.294. The summed E-state index contributed by atoms with van der Waals surface area (Å²) in [4.78, 5) is 0. The van der Waals surface area contributed by atoms with Crippen LogP contribution in [0.25, 0.3) is 0 Å². The molecule has 1 rings (SSSR count). The summed E-state index contributed by atoms with van der Waals surface area (Å²) in [5.41, 5.74) is 4.25. The van der Waals surface area contributed by atoms with Crippen LogP contribution >= 0.6 is 0 Å². The van der Waals surface area contributed by atoms with Crippen molar-refractivity contribution in [2.24, 2.45) is 0 Å². The Hall–Kier alpha value is -1.90. The van der Waals surface area contributed by atoms with Crippen LogP contribution in [-0.2, 0) is 4.74 Å². The molecule has 1 nitrogen and oxygen atoms in total. The third kappa shape index (κ3) is 7.19. The van der Waals surface area contributed by atoms with Crippen molar-refractivity contribution in [3.63, 3.8) is 0 Å². The van der Waals surface area contributed by atoms with Crippen molar-refractivity contribution in [1.82, 2.24) is 0 Å². The van der Waals surface area contributed by atoms with Crippen molar-refractivity contribution in [2.75, 3.05) is 6.61 Å². The van der Waals surface area contributed by atoms with E-state index in [0.717, 1.165) is 5.56 Å². The van der Waals surface area contributed by atoms with Gasteiger partial charge in [-0.2, -0.15) is 0 Å². The molecular formula is C17H20OSi.